The first-order valence-corrected chi connectivity index (χ1v) is 8.56. The summed E-state index contributed by atoms with van der Waals surface area (Å²) in [5.41, 5.74) is 8.18. The highest BCUT2D eigenvalue weighted by Gasteiger charge is 2.13. The molecule has 0 aliphatic rings. The second-order valence-corrected chi connectivity index (χ2v) is 6.41. The van der Waals surface area contributed by atoms with Crippen LogP contribution in [0.1, 0.15) is 35.3 Å². The molecule has 6 heteroatoms. The number of phenols is 1. The summed E-state index contributed by atoms with van der Waals surface area (Å²) in [7, 11) is 0. The monoisotopic (exact) mass is 358 g/mol. The number of amides is 1. The third-order valence-electron chi connectivity index (χ3n) is 3.61. The molecule has 4 N–H and O–H groups in total. The number of hydrogen-bond donors (Lipinski definition) is 3. The smallest absolute Gasteiger partial charge is 0.255 e. The van der Waals surface area contributed by atoms with E-state index < -0.39 is 0 Å². The Balaban J connectivity index is 2.21. The van der Waals surface area contributed by atoms with Gasteiger partial charge in [0.05, 0.1) is 6.10 Å². The van der Waals surface area contributed by atoms with Gasteiger partial charge in [0, 0.05) is 36.0 Å². The van der Waals surface area contributed by atoms with Gasteiger partial charge in [-0.15, -0.1) is 0 Å². The molecule has 2 aromatic carbocycles. The molecule has 6 nitrogen and oxygen atoms in total. The summed E-state index contributed by atoms with van der Waals surface area (Å²) in [6.07, 6.45) is -0.0354. The van der Waals surface area contributed by atoms with E-state index in [1.165, 1.54) is 12.1 Å². The number of hydrogen-bond acceptors (Lipinski definition) is 5. The molecule has 0 fully saturated rings. The number of aromatic hydroxyl groups is 1. The quantitative estimate of drug-likeness (QED) is 0.705. The van der Waals surface area contributed by atoms with Gasteiger partial charge in [-0.3, -0.25) is 4.79 Å². The molecule has 140 valence electrons. The maximum Gasteiger partial charge on any atom is 0.255 e. The Hall–Kier alpha value is -2.73. The molecule has 0 aromatic heterocycles. The van der Waals surface area contributed by atoms with Crippen LogP contribution in [0.25, 0.3) is 0 Å². The topological polar surface area (TPSA) is 93.8 Å². The van der Waals surface area contributed by atoms with Crippen molar-refractivity contribution in [2.75, 3.05) is 18.5 Å². The number of benzene rings is 2. The minimum atomic E-state index is -0.275. The van der Waals surface area contributed by atoms with E-state index in [4.69, 9.17) is 15.2 Å². The molecule has 2 rings (SSSR count). The second-order valence-electron chi connectivity index (χ2n) is 6.41. The van der Waals surface area contributed by atoms with Crippen molar-refractivity contribution >= 4 is 11.6 Å². The molecule has 2 aromatic rings. The molecule has 0 heterocycles. The van der Waals surface area contributed by atoms with E-state index in [9.17, 15) is 9.90 Å². The van der Waals surface area contributed by atoms with Crippen LogP contribution in [-0.4, -0.2) is 30.3 Å². The number of carbonyl (C=O) groups is 1. The normalized spacial score (nSPS) is 10.7. The van der Waals surface area contributed by atoms with Crippen molar-refractivity contribution in [3.05, 3.63) is 47.0 Å². The average molecular weight is 358 g/mol. The fourth-order valence-electron chi connectivity index (χ4n) is 2.67. The minimum Gasteiger partial charge on any atom is -0.508 e. The Kier molecular flexibility index (Phi) is 6.46. The lowest BCUT2D eigenvalue weighted by Crippen LogP contribution is -2.15. The highest BCUT2D eigenvalue weighted by molar-refractivity contribution is 6.04. The molecular formula is C20H26N2O4. The van der Waals surface area contributed by atoms with Crippen LogP contribution in [0.3, 0.4) is 0 Å². The van der Waals surface area contributed by atoms with E-state index in [1.54, 1.807) is 18.2 Å². The van der Waals surface area contributed by atoms with Crippen molar-refractivity contribution in [2.24, 2.45) is 5.73 Å². The first-order valence-electron chi connectivity index (χ1n) is 8.56. The van der Waals surface area contributed by atoms with Crippen molar-refractivity contribution < 1.29 is 19.4 Å². The molecule has 26 heavy (non-hydrogen) atoms. The van der Waals surface area contributed by atoms with Gasteiger partial charge in [-0.05, 0) is 51.0 Å². The van der Waals surface area contributed by atoms with Gasteiger partial charge in [0.15, 0.2) is 0 Å². The van der Waals surface area contributed by atoms with Gasteiger partial charge < -0.3 is 25.6 Å². The second kappa shape index (κ2) is 8.58. The van der Waals surface area contributed by atoms with Gasteiger partial charge in [0.1, 0.15) is 23.9 Å². The summed E-state index contributed by atoms with van der Waals surface area (Å²) in [6.45, 7) is 8.41. The number of nitrogens with two attached hydrogens (primary N) is 1. The summed E-state index contributed by atoms with van der Waals surface area (Å²) in [6, 6.07) is 8.19. The van der Waals surface area contributed by atoms with Crippen molar-refractivity contribution in [3.63, 3.8) is 0 Å². The first-order chi connectivity index (χ1) is 12.3. The largest absolute Gasteiger partial charge is 0.508 e. The van der Waals surface area contributed by atoms with Crippen LogP contribution in [0.2, 0.25) is 0 Å². The highest BCUT2D eigenvalue weighted by Crippen LogP contribution is 2.28. The van der Waals surface area contributed by atoms with Crippen LogP contribution in [0, 0.1) is 13.8 Å². The Bertz CT molecular complexity index is 764. The van der Waals surface area contributed by atoms with Crippen LogP contribution in [0.5, 0.6) is 17.2 Å². The molecule has 0 bridgehead atoms. The van der Waals surface area contributed by atoms with Crippen LogP contribution < -0.4 is 20.5 Å². The predicted molar refractivity (Wildman–Crippen MR) is 102 cm³/mol. The fraction of sp³-hybridized carbons (Fsp3) is 0.350. The van der Waals surface area contributed by atoms with Gasteiger partial charge in [-0.25, -0.2) is 0 Å². The van der Waals surface area contributed by atoms with E-state index in [0.29, 0.717) is 30.2 Å². The summed E-state index contributed by atoms with van der Waals surface area (Å²) < 4.78 is 11.2. The summed E-state index contributed by atoms with van der Waals surface area (Å²) in [5.74, 6) is 0.990. The highest BCUT2D eigenvalue weighted by atomic mass is 16.5. The molecule has 0 radical (unpaired) electrons. The van der Waals surface area contributed by atoms with Gasteiger partial charge in [0.2, 0.25) is 0 Å². The average Bonchev–Trinajstić information content (AvgIpc) is 2.52. The fourth-order valence-corrected chi connectivity index (χ4v) is 2.67. The molecule has 0 atom stereocenters. The number of anilines is 1. The number of phenolic OH excluding ortho intramolecular Hbond substituents is 1. The first kappa shape index (κ1) is 19.6. The predicted octanol–water partition coefficient (Wildman–Crippen LogP) is 3.39. The van der Waals surface area contributed by atoms with Crippen LogP contribution >= 0.6 is 0 Å². The molecule has 0 spiro atoms. The van der Waals surface area contributed by atoms with Crippen molar-refractivity contribution in [1.82, 2.24) is 0 Å². The van der Waals surface area contributed by atoms with Crippen LogP contribution in [0.15, 0.2) is 30.3 Å². The SMILES string of the molecule is Cc1cc(C(=O)Nc2cc(O)cc(OC(C)C)c2)cc(C)c1OCCN. The number of nitrogens with one attached hydrogen (secondary N) is 1. The maximum absolute atomic E-state index is 12.6. The third kappa shape index (κ3) is 5.13. The zero-order chi connectivity index (χ0) is 19.3. The molecular weight excluding hydrogens is 332 g/mol. The molecule has 0 unspecified atom stereocenters. The zero-order valence-corrected chi connectivity index (χ0v) is 15.6. The van der Waals surface area contributed by atoms with E-state index in [0.717, 1.165) is 16.9 Å². The van der Waals surface area contributed by atoms with Crippen molar-refractivity contribution in [3.8, 4) is 17.2 Å². The standard InChI is InChI=1S/C20H26N2O4/c1-12(2)26-18-10-16(9-17(23)11-18)22-20(24)15-7-13(3)19(14(4)8-15)25-6-5-21/h7-12,23H,5-6,21H2,1-4H3,(H,22,24). The molecule has 0 aliphatic carbocycles. The van der Waals surface area contributed by atoms with Crippen LogP contribution in [0.4, 0.5) is 5.69 Å². The van der Waals surface area contributed by atoms with Crippen molar-refractivity contribution in [2.45, 2.75) is 33.8 Å². The lowest BCUT2D eigenvalue weighted by atomic mass is 10.0. The molecule has 1 amide bonds. The van der Waals surface area contributed by atoms with E-state index in [2.05, 4.69) is 5.32 Å². The van der Waals surface area contributed by atoms with E-state index in [1.807, 2.05) is 27.7 Å². The van der Waals surface area contributed by atoms with Crippen LogP contribution in [-0.2, 0) is 0 Å². The zero-order valence-electron chi connectivity index (χ0n) is 15.6. The molecule has 0 saturated heterocycles. The maximum atomic E-state index is 12.6. The van der Waals surface area contributed by atoms with E-state index >= 15 is 0 Å². The van der Waals surface area contributed by atoms with Gasteiger partial charge in [0.25, 0.3) is 5.91 Å². The minimum absolute atomic E-state index is 0.0244. The summed E-state index contributed by atoms with van der Waals surface area (Å²) in [5, 5.41) is 12.6. The number of aryl methyl sites for hydroxylation is 2. The Labute approximate surface area is 153 Å². The number of rotatable bonds is 7. The lowest BCUT2D eigenvalue weighted by Gasteiger charge is -2.15. The number of ether oxygens (including phenoxy) is 2. The third-order valence-corrected chi connectivity index (χ3v) is 3.61. The summed E-state index contributed by atoms with van der Waals surface area (Å²) in [4.78, 5) is 12.6. The van der Waals surface area contributed by atoms with Crippen molar-refractivity contribution in [1.29, 1.82) is 0 Å². The Morgan fingerprint density at radius 2 is 1.81 bits per heavy atom. The van der Waals surface area contributed by atoms with Gasteiger partial charge in [-0.1, -0.05) is 0 Å². The summed E-state index contributed by atoms with van der Waals surface area (Å²) >= 11 is 0. The molecule has 0 aliphatic heterocycles. The number of carbonyl (C=O) groups excluding carboxylic acids is 1. The van der Waals surface area contributed by atoms with Gasteiger partial charge in [-0.2, -0.15) is 0 Å². The molecule has 0 saturated carbocycles. The Morgan fingerprint density at radius 3 is 2.38 bits per heavy atom. The van der Waals surface area contributed by atoms with Gasteiger partial charge >= 0.3 is 0 Å². The lowest BCUT2D eigenvalue weighted by molar-refractivity contribution is 0.102. The Morgan fingerprint density at radius 1 is 1.15 bits per heavy atom. The van der Waals surface area contributed by atoms with E-state index in [-0.39, 0.29) is 17.8 Å².